The van der Waals surface area contributed by atoms with E-state index in [2.05, 4.69) is 20.9 Å². The van der Waals surface area contributed by atoms with Gasteiger partial charge in [-0.25, -0.2) is 9.66 Å². The number of nitrogens with zero attached hydrogens (tertiary/aromatic N) is 2. The third-order valence-electron chi connectivity index (χ3n) is 2.31. The highest BCUT2D eigenvalue weighted by atomic mass is 79.9. The van der Waals surface area contributed by atoms with Crippen LogP contribution in [0.4, 0.5) is 5.82 Å². The maximum absolute atomic E-state index is 5.87. The second kappa shape index (κ2) is 3.99. The molecule has 2 aromatic rings. The van der Waals surface area contributed by atoms with Crippen molar-refractivity contribution >= 4 is 33.3 Å². The molecule has 4 N–H and O–H groups in total. The molecular formula is C10H10BrClN4. The number of benzene rings is 1. The van der Waals surface area contributed by atoms with Crippen LogP contribution in [0.15, 0.2) is 22.7 Å². The number of aromatic nitrogens is 2. The van der Waals surface area contributed by atoms with E-state index < -0.39 is 0 Å². The van der Waals surface area contributed by atoms with Gasteiger partial charge in [-0.2, -0.15) is 0 Å². The Morgan fingerprint density at radius 2 is 2.12 bits per heavy atom. The molecular weight excluding hydrogens is 291 g/mol. The molecule has 2 rings (SSSR count). The fraction of sp³-hybridized carbons (Fsp3) is 0.100. The minimum Gasteiger partial charge on any atom is -0.382 e. The molecule has 4 nitrogen and oxygen atoms in total. The fourth-order valence-electron chi connectivity index (χ4n) is 1.44. The van der Waals surface area contributed by atoms with Crippen LogP contribution in [0, 0.1) is 6.92 Å². The third-order valence-corrected chi connectivity index (χ3v) is 3.20. The van der Waals surface area contributed by atoms with Crippen LogP contribution in [0.1, 0.15) is 5.82 Å². The Hall–Kier alpha value is -1.20. The lowest BCUT2D eigenvalue weighted by atomic mass is 10.1. The quantitative estimate of drug-likeness (QED) is 0.795. The van der Waals surface area contributed by atoms with Gasteiger partial charge in [0.15, 0.2) is 5.82 Å². The maximum Gasteiger partial charge on any atom is 0.150 e. The molecule has 0 spiro atoms. The van der Waals surface area contributed by atoms with Crippen LogP contribution in [0.2, 0.25) is 5.02 Å². The average Bonchev–Trinajstić information content (AvgIpc) is 2.46. The summed E-state index contributed by atoms with van der Waals surface area (Å²) in [5.74, 6) is 6.80. The number of anilines is 1. The number of imidazole rings is 1. The SMILES string of the molecule is Cc1nc(-c2ccc(Cl)cc2Br)c(N)n1N. The van der Waals surface area contributed by atoms with Crippen molar-refractivity contribution in [2.75, 3.05) is 11.6 Å². The lowest BCUT2D eigenvalue weighted by Crippen LogP contribution is -2.13. The van der Waals surface area contributed by atoms with Crippen LogP contribution < -0.4 is 11.6 Å². The summed E-state index contributed by atoms with van der Waals surface area (Å²) < 4.78 is 2.20. The minimum atomic E-state index is 0.431. The van der Waals surface area contributed by atoms with Gasteiger partial charge in [0.25, 0.3) is 0 Å². The smallest absolute Gasteiger partial charge is 0.150 e. The second-order valence-corrected chi connectivity index (χ2v) is 4.68. The largest absolute Gasteiger partial charge is 0.382 e. The third kappa shape index (κ3) is 1.76. The predicted molar refractivity (Wildman–Crippen MR) is 69.7 cm³/mol. The molecule has 0 aliphatic heterocycles. The van der Waals surface area contributed by atoms with Crippen molar-refractivity contribution in [1.29, 1.82) is 0 Å². The van der Waals surface area contributed by atoms with Crippen molar-refractivity contribution in [3.05, 3.63) is 33.5 Å². The van der Waals surface area contributed by atoms with Gasteiger partial charge in [0.1, 0.15) is 11.5 Å². The van der Waals surface area contributed by atoms with E-state index in [1.807, 2.05) is 6.07 Å². The summed E-state index contributed by atoms with van der Waals surface area (Å²) in [7, 11) is 0. The summed E-state index contributed by atoms with van der Waals surface area (Å²) in [6.45, 7) is 1.80. The second-order valence-electron chi connectivity index (χ2n) is 3.39. The molecule has 1 aromatic carbocycles. The molecule has 16 heavy (non-hydrogen) atoms. The summed E-state index contributed by atoms with van der Waals surface area (Å²) in [4.78, 5) is 4.31. The first-order chi connectivity index (χ1) is 7.50. The summed E-state index contributed by atoms with van der Waals surface area (Å²) in [6.07, 6.45) is 0. The van der Waals surface area contributed by atoms with E-state index in [1.54, 1.807) is 19.1 Å². The van der Waals surface area contributed by atoms with E-state index in [0.717, 1.165) is 10.0 Å². The van der Waals surface area contributed by atoms with Gasteiger partial charge in [-0.15, -0.1) is 0 Å². The van der Waals surface area contributed by atoms with E-state index in [-0.39, 0.29) is 0 Å². The molecule has 0 saturated heterocycles. The van der Waals surface area contributed by atoms with Crippen LogP contribution in [0.25, 0.3) is 11.3 Å². The van der Waals surface area contributed by atoms with Crippen LogP contribution >= 0.6 is 27.5 Å². The normalized spacial score (nSPS) is 10.7. The molecule has 84 valence electrons. The topological polar surface area (TPSA) is 69.9 Å². The number of aryl methyl sites for hydroxylation is 1. The van der Waals surface area contributed by atoms with Gasteiger partial charge in [-0.3, -0.25) is 0 Å². The Morgan fingerprint density at radius 1 is 1.44 bits per heavy atom. The summed E-state index contributed by atoms with van der Waals surface area (Å²) in [5, 5.41) is 0.651. The van der Waals surface area contributed by atoms with E-state index in [4.69, 9.17) is 23.2 Å². The highest BCUT2D eigenvalue weighted by Gasteiger charge is 2.14. The summed E-state index contributed by atoms with van der Waals surface area (Å²) in [5.41, 5.74) is 7.39. The van der Waals surface area contributed by atoms with Gasteiger partial charge in [0.2, 0.25) is 0 Å². The van der Waals surface area contributed by atoms with Crippen molar-refractivity contribution in [2.24, 2.45) is 0 Å². The van der Waals surface area contributed by atoms with E-state index in [1.165, 1.54) is 4.68 Å². The molecule has 0 unspecified atom stereocenters. The van der Waals surface area contributed by atoms with Crippen LogP contribution in [-0.2, 0) is 0 Å². The molecule has 0 amide bonds. The maximum atomic E-state index is 5.87. The van der Waals surface area contributed by atoms with E-state index >= 15 is 0 Å². The lowest BCUT2D eigenvalue weighted by Gasteiger charge is -2.03. The highest BCUT2D eigenvalue weighted by Crippen LogP contribution is 2.33. The standard InChI is InChI=1S/C10H10BrClN4/c1-5-15-9(10(13)16(5)14)7-3-2-6(12)4-8(7)11/h2-4H,13-14H2,1H3. The molecule has 0 bridgehead atoms. The Labute approximate surface area is 106 Å². The molecule has 0 saturated carbocycles. The average molecular weight is 302 g/mol. The zero-order valence-electron chi connectivity index (χ0n) is 8.54. The van der Waals surface area contributed by atoms with Gasteiger partial charge in [-0.05, 0) is 19.1 Å². The number of hydrogen-bond donors (Lipinski definition) is 2. The molecule has 6 heteroatoms. The molecule has 0 atom stereocenters. The van der Waals surface area contributed by atoms with E-state index in [9.17, 15) is 0 Å². The van der Waals surface area contributed by atoms with Crippen molar-refractivity contribution in [3.8, 4) is 11.3 Å². The lowest BCUT2D eigenvalue weighted by molar-refractivity contribution is 0.937. The molecule has 1 heterocycles. The van der Waals surface area contributed by atoms with Crippen LogP contribution in [-0.4, -0.2) is 9.66 Å². The number of rotatable bonds is 1. The minimum absolute atomic E-state index is 0.431. The van der Waals surface area contributed by atoms with Crippen molar-refractivity contribution < 1.29 is 0 Å². The van der Waals surface area contributed by atoms with Crippen molar-refractivity contribution in [3.63, 3.8) is 0 Å². The fourth-order valence-corrected chi connectivity index (χ4v) is 2.31. The Balaban J connectivity index is 2.63. The number of nitrogen functional groups attached to an aromatic ring is 2. The summed E-state index contributed by atoms with van der Waals surface area (Å²) >= 11 is 9.29. The first-order valence-corrected chi connectivity index (χ1v) is 5.73. The number of hydrogen-bond acceptors (Lipinski definition) is 3. The van der Waals surface area contributed by atoms with Crippen LogP contribution in [0.5, 0.6) is 0 Å². The highest BCUT2D eigenvalue weighted by molar-refractivity contribution is 9.10. The van der Waals surface area contributed by atoms with Crippen molar-refractivity contribution in [2.45, 2.75) is 6.92 Å². The molecule has 0 radical (unpaired) electrons. The summed E-state index contributed by atoms with van der Waals surface area (Å²) in [6, 6.07) is 5.43. The Bertz CT molecular complexity index is 550. The van der Waals surface area contributed by atoms with Crippen molar-refractivity contribution in [1.82, 2.24) is 9.66 Å². The zero-order valence-corrected chi connectivity index (χ0v) is 10.9. The molecule has 0 fully saturated rings. The van der Waals surface area contributed by atoms with Gasteiger partial charge < -0.3 is 11.6 Å². The van der Waals surface area contributed by atoms with Gasteiger partial charge in [0.05, 0.1) is 0 Å². The molecule has 0 aliphatic carbocycles. The monoisotopic (exact) mass is 300 g/mol. The zero-order chi connectivity index (χ0) is 11.9. The van der Waals surface area contributed by atoms with Gasteiger partial charge in [0, 0.05) is 15.1 Å². The van der Waals surface area contributed by atoms with Gasteiger partial charge in [-0.1, -0.05) is 33.6 Å². The molecule has 0 aliphatic rings. The Morgan fingerprint density at radius 3 is 2.62 bits per heavy atom. The van der Waals surface area contributed by atoms with E-state index in [0.29, 0.717) is 22.4 Å². The predicted octanol–water partition coefficient (Wildman–Crippen LogP) is 2.57. The first kappa shape index (κ1) is 11.3. The van der Waals surface area contributed by atoms with Crippen LogP contribution in [0.3, 0.4) is 0 Å². The number of halogens is 2. The number of nitrogens with two attached hydrogens (primary N) is 2. The van der Waals surface area contributed by atoms with Gasteiger partial charge >= 0.3 is 0 Å². The molecule has 1 aromatic heterocycles. The Kier molecular flexibility index (Phi) is 2.82. The first-order valence-electron chi connectivity index (χ1n) is 4.56.